The predicted octanol–water partition coefficient (Wildman–Crippen LogP) is 3.45. The number of esters is 1. The van der Waals surface area contributed by atoms with Gasteiger partial charge in [0.25, 0.3) is 0 Å². The maximum Gasteiger partial charge on any atom is 0.318 e. The lowest BCUT2D eigenvalue weighted by Gasteiger charge is -2.37. The molecule has 0 aliphatic carbocycles. The van der Waals surface area contributed by atoms with Gasteiger partial charge < -0.3 is 14.2 Å². The Balaban J connectivity index is 2.12. The van der Waals surface area contributed by atoms with Gasteiger partial charge in [0.1, 0.15) is 17.0 Å². The maximum atomic E-state index is 12.9. The highest BCUT2D eigenvalue weighted by atomic mass is 32.1. The maximum absolute atomic E-state index is 12.9. The lowest BCUT2D eigenvalue weighted by molar-refractivity contribution is -0.203. The van der Waals surface area contributed by atoms with Crippen molar-refractivity contribution in [3.05, 3.63) is 28.7 Å². The number of nitrogens with zero attached hydrogens (tertiary/aromatic N) is 2. The Labute approximate surface area is 189 Å². The van der Waals surface area contributed by atoms with Crippen LogP contribution >= 0.6 is 11.3 Å². The fraction of sp³-hybridized carbons (Fsp3) is 0.727. The van der Waals surface area contributed by atoms with Crippen LogP contribution in [0.15, 0.2) is 18.0 Å². The van der Waals surface area contributed by atoms with E-state index in [2.05, 4.69) is 22.3 Å². The highest BCUT2D eigenvalue weighted by Gasteiger charge is 2.47. The van der Waals surface area contributed by atoms with Crippen LogP contribution in [0.2, 0.25) is 0 Å². The first-order valence-electron chi connectivity index (χ1n) is 10.6. The molecule has 8 nitrogen and oxygen atoms in total. The molecule has 0 radical (unpaired) electrons. The second-order valence-electron chi connectivity index (χ2n) is 8.94. The van der Waals surface area contributed by atoms with Crippen LogP contribution in [-0.4, -0.2) is 61.7 Å². The minimum Gasteiger partial charge on any atom is -0.461 e. The number of thiazole rings is 1. The van der Waals surface area contributed by atoms with Gasteiger partial charge in [0.15, 0.2) is 6.29 Å². The molecular weight excluding hydrogens is 418 g/mol. The van der Waals surface area contributed by atoms with Crippen LogP contribution in [0.5, 0.6) is 0 Å². The van der Waals surface area contributed by atoms with Crippen molar-refractivity contribution in [1.82, 2.24) is 15.4 Å². The van der Waals surface area contributed by atoms with E-state index in [1.165, 1.54) is 14.2 Å². The van der Waals surface area contributed by atoms with E-state index in [1.807, 2.05) is 27.7 Å². The van der Waals surface area contributed by atoms with Gasteiger partial charge >= 0.3 is 5.97 Å². The molecule has 1 aliphatic rings. The summed E-state index contributed by atoms with van der Waals surface area (Å²) in [6.07, 6.45) is 2.85. The molecule has 176 valence electrons. The van der Waals surface area contributed by atoms with E-state index in [1.54, 1.807) is 17.4 Å². The van der Waals surface area contributed by atoms with Crippen molar-refractivity contribution in [3.63, 3.8) is 0 Å². The standard InChI is InChI=1S/C22H37N3O5S/c1-8-12-29-19(26)22(5,20(27-6)28-7)15-25-11-9-10-17(25)16-14-31-18(24-16)13-23-30-21(2,3)4/h8,14,17,20,23H,1,9-13,15H2,2-7H3/t17?,22-/m1/s1. The minimum atomic E-state index is -0.990. The van der Waals surface area contributed by atoms with E-state index in [-0.39, 0.29) is 24.2 Å². The van der Waals surface area contributed by atoms with Gasteiger partial charge in [-0.15, -0.1) is 11.3 Å². The van der Waals surface area contributed by atoms with Crippen molar-refractivity contribution in [2.45, 2.75) is 65.0 Å². The zero-order chi connectivity index (χ0) is 23.1. The van der Waals surface area contributed by atoms with Crippen LogP contribution in [0, 0.1) is 5.41 Å². The van der Waals surface area contributed by atoms with Crippen LogP contribution in [0.4, 0.5) is 0 Å². The number of carbonyl (C=O) groups is 1. The van der Waals surface area contributed by atoms with E-state index in [4.69, 9.17) is 24.0 Å². The van der Waals surface area contributed by atoms with E-state index in [0.29, 0.717) is 13.1 Å². The first-order valence-corrected chi connectivity index (χ1v) is 11.5. The zero-order valence-corrected chi connectivity index (χ0v) is 20.4. The molecule has 2 rings (SSSR count). The van der Waals surface area contributed by atoms with Crippen molar-refractivity contribution in [1.29, 1.82) is 0 Å². The molecule has 1 N–H and O–H groups in total. The van der Waals surface area contributed by atoms with Gasteiger partial charge in [-0.2, -0.15) is 5.48 Å². The molecule has 1 aromatic rings. The summed E-state index contributed by atoms with van der Waals surface area (Å²) in [5, 5.41) is 3.06. The normalized spacial score (nSPS) is 19.5. The number of hydrogen-bond acceptors (Lipinski definition) is 9. The third-order valence-electron chi connectivity index (χ3n) is 5.15. The number of hydroxylamine groups is 1. The van der Waals surface area contributed by atoms with Gasteiger partial charge in [0.05, 0.1) is 23.9 Å². The van der Waals surface area contributed by atoms with Crippen molar-refractivity contribution < 1.29 is 23.8 Å². The molecule has 2 atom stereocenters. The number of nitrogens with one attached hydrogen (secondary N) is 1. The van der Waals surface area contributed by atoms with Crippen LogP contribution < -0.4 is 5.48 Å². The van der Waals surface area contributed by atoms with Gasteiger partial charge in [-0.1, -0.05) is 12.7 Å². The number of likely N-dealkylation sites (tertiary alicyclic amines) is 1. The van der Waals surface area contributed by atoms with Gasteiger partial charge in [-0.25, -0.2) is 4.98 Å². The Bertz CT molecular complexity index is 716. The summed E-state index contributed by atoms with van der Waals surface area (Å²) in [5.41, 5.74) is 2.76. The Kier molecular flexibility index (Phi) is 9.60. The topological polar surface area (TPSA) is 82.2 Å². The molecule has 1 aromatic heterocycles. The molecule has 1 aliphatic heterocycles. The van der Waals surface area contributed by atoms with Gasteiger partial charge in [0.2, 0.25) is 0 Å². The van der Waals surface area contributed by atoms with Crippen molar-refractivity contribution in [2.75, 3.05) is 33.9 Å². The van der Waals surface area contributed by atoms with E-state index < -0.39 is 11.7 Å². The molecule has 0 saturated carbocycles. The smallest absolute Gasteiger partial charge is 0.318 e. The fourth-order valence-electron chi connectivity index (χ4n) is 3.80. The average Bonchev–Trinajstić information content (AvgIpc) is 3.35. The Morgan fingerprint density at radius 3 is 2.71 bits per heavy atom. The SMILES string of the molecule is C=CCOC(=O)[C@@](C)(CN1CCCC1c1csc(CNOC(C)(C)C)n1)C(OC)OC. The second kappa shape index (κ2) is 11.5. The number of rotatable bonds is 12. The third-order valence-corrected chi connectivity index (χ3v) is 6.02. The summed E-state index contributed by atoms with van der Waals surface area (Å²) in [4.78, 5) is 25.6. The van der Waals surface area contributed by atoms with Crippen LogP contribution in [0.25, 0.3) is 0 Å². The monoisotopic (exact) mass is 455 g/mol. The fourth-order valence-corrected chi connectivity index (χ4v) is 4.56. The lowest BCUT2D eigenvalue weighted by atomic mass is 9.88. The Morgan fingerprint density at radius 2 is 2.10 bits per heavy atom. The van der Waals surface area contributed by atoms with Crippen LogP contribution in [0.1, 0.15) is 57.3 Å². The number of methoxy groups -OCH3 is 2. The molecule has 1 saturated heterocycles. The zero-order valence-electron chi connectivity index (χ0n) is 19.6. The molecule has 0 bridgehead atoms. The van der Waals surface area contributed by atoms with Crippen LogP contribution in [-0.2, 0) is 30.4 Å². The molecule has 0 spiro atoms. The number of ether oxygens (including phenoxy) is 3. The Hall–Kier alpha value is -1.36. The molecule has 0 aromatic carbocycles. The highest BCUT2D eigenvalue weighted by molar-refractivity contribution is 7.09. The third kappa shape index (κ3) is 7.06. The van der Waals surface area contributed by atoms with E-state index in [9.17, 15) is 4.79 Å². The summed E-state index contributed by atoms with van der Waals surface area (Å²) in [5.74, 6) is -0.366. The highest BCUT2D eigenvalue weighted by Crippen LogP contribution is 2.37. The summed E-state index contributed by atoms with van der Waals surface area (Å²) in [6.45, 7) is 13.4. The molecular formula is C22H37N3O5S. The minimum absolute atomic E-state index is 0.134. The van der Waals surface area contributed by atoms with Crippen molar-refractivity contribution in [3.8, 4) is 0 Å². The summed E-state index contributed by atoms with van der Waals surface area (Å²) < 4.78 is 16.4. The van der Waals surface area contributed by atoms with Crippen molar-refractivity contribution >= 4 is 17.3 Å². The second-order valence-corrected chi connectivity index (χ2v) is 9.88. The van der Waals surface area contributed by atoms with Crippen molar-refractivity contribution in [2.24, 2.45) is 5.41 Å². The summed E-state index contributed by atoms with van der Waals surface area (Å²) >= 11 is 1.61. The number of carbonyl (C=O) groups excluding carboxylic acids is 1. The molecule has 1 fully saturated rings. The number of aromatic nitrogens is 1. The first-order chi connectivity index (χ1) is 14.6. The van der Waals surface area contributed by atoms with Crippen LogP contribution in [0.3, 0.4) is 0 Å². The van der Waals surface area contributed by atoms with Gasteiger partial charge in [-0.05, 0) is 47.1 Å². The van der Waals surface area contributed by atoms with Gasteiger partial charge in [0, 0.05) is 26.1 Å². The molecule has 1 unspecified atom stereocenters. The molecule has 31 heavy (non-hydrogen) atoms. The average molecular weight is 456 g/mol. The quantitative estimate of drug-likeness (QED) is 0.222. The van der Waals surface area contributed by atoms with Gasteiger partial charge in [-0.3, -0.25) is 14.5 Å². The number of hydrogen-bond donors (Lipinski definition) is 1. The molecule has 0 amide bonds. The molecule has 2 heterocycles. The summed E-state index contributed by atoms with van der Waals surface area (Å²) in [6, 6.07) is 0.134. The molecule has 9 heteroatoms. The first kappa shape index (κ1) is 25.9. The van der Waals surface area contributed by atoms with E-state index >= 15 is 0 Å². The summed E-state index contributed by atoms with van der Waals surface area (Å²) in [7, 11) is 3.07. The van der Waals surface area contributed by atoms with E-state index in [0.717, 1.165) is 30.1 Å². The predicted molar refractivity (Wildman–Crippen MR) is 120 cm³/mol. The lowest BCUT2D eigenvalue weighted by Crippen LogP contribution is -2.51. The Morgan fingerprint density at radius 1 is 1.39 bits per heavy atom. The largest absolute Gasteiger partial charge is 0.461 e.